The number of benzene rings is 1. The lowest BCUT2D eigenvalue weighted by atomic mass is 9.94. The lowest BCUT2D eigenvalue weighted by Gasteiger charge is -2.18. The first-order chi connectivity index (χ1) is 12.8. The molecule has 3 aliphatic rings. The number of amides is 1. The van der Waals surface area contributed by atoms with Gasteiger partial charge >= 0.3 is 0 Å². The normalized spacial score (nSPS) is 18.8. The number of hydrogen-bond acceptors (Lipinski definition) is 5. The molecule has 1 aliphatic heterocycles. The van der Waals surface area contributed by atoms with Gasteiger partial charge in [0.25, 0.3) is 0 Å². The Morgan fingerprint density at radius 3 is 2.62 bits per heavy atom. The summed E-state index contributed by atoms with van der Waals surface area (Å²) < 4.78 is 11.2. The maximum absolute atomic E-state index is 12.4. The van der Waals surface area contributed by atoms with Crippen molar-refractivity contribution < 1.29 is 14.3 Å². The van der Waals surface area contributed by atoms with Crippen molar-refractivity contribution in [2.24, 2.45) is 17.8 Å². The maximum atomic E-state index is 12.4. The minimum atomic E-state index is 0.108. The SMILES string of the molecule is O=C(CC(C1CC1)C1CC1)Nc1nc(-c2ccc3c(c2)OCCO3)cs1. The number of ether oxygens (including phenoxy) is 2. The van der Waals surface area contributed by atoms with Gasteiger partial charge in [-0.25, -0.2) is 4.98 Å². The molecule has 2 fully saturated rings. The average molecular weight is 370 g/mol. The fraction of sp³-hybridized carbons (Fsp3) is 0.500. The molecule has 0 spiro atoms. The van der Waals surface area contributed by atoms with Crippen LogP contribution in [-0.4, -0.2) is 24.1 Å². The Hall–Kier alpha value is -2.08. The minimum absolute atomic E-state index is 0.108. The Morgan fingerprint density at radius 2 is 1.88 bits per heavy atom. The van der Waals surface area contributed by atoms with Crippen molar-refractivity contribution in [3.63, 3.8) is 0 Å². The van der Waals surface area contributed by atoms with E-state index in [0.717, 1.165) is 34.6 Å². The number of rotatable bonds is 6. The van der Waals surface area contributed by atoms with E-state index in [1.165, 1.54) is 37.0 Å². The Balaban J connectivity index is 1.25. The number of anilines is 1. The van der Waals surface area contributed by atoms with Crippen LogP contribution in [0.5, 0.6) is 11.5 Å². The number of nitrogens with zero attached hydrogens (tertiary/aromatic N) is 1. The standard InChI is InChI=1S/C20H22N2O3S/c23-19(10-15(12-1-2-12)13-3-4-13)22-20-21-16(11-26-20)14-5-6-17-18(9-14)25-8-7-24-17/h5-6,9,11-13,15H,1-4,7-8,10H2,(H,21,22,23). The van der Waals surface area contributed by atoms with Gasteiger partial charge in [-0.15, -0.1) is 11.3 Å². The highest BCUT2D eigenvalue weighted by molar-refractivity contribution is 7.14. The van der Waals surface area contributed by atoms with Crippen LogP contribution in [0.25, 0.3) is 11.3 Å². The summed E-state index contributed by atoms with van der Waals surface area (Å²) >= 11 is 1.47. The van der Waals surface area contributed by atoms with Crippen LogP contribution in [0.15, 0.2) is 23.6 Å². The van der Waals surface area contributed by atoms with Gasteiger partial charge in [0.1, 0.15) is 13.2 Å². The van der Waals surface area contributed by atoms with Crippen LogP contribution in [-0.2, 0) is 4.79 Å². The Kier molecular flexibility index (Phi) is 4.08. The van der Waals surface area contributed by atoms with E-state index in [1.54, 1.807) is 0 Å². The lowest BCUT2D eigenvalue weighted by Crippen LogP contribution is -2.19. The highest BCUT2D eigenvalue weighted by Crippen LogP contribution is 2.50. The zero-order valence-corrected chi connectivity index (χ0v) is 15.4. The molecule has 0 unspecified atom stereocenters. The van der Waals surface area contributed by atoms with Crippen LogP contribution in [0, 0.1) is 17.8 Å². The van der Waals surface area contributed by atoms with E-state index in [-0.39, 0.29) is 5.91 Å². The van der Waals surface area contributed by atoms with Gasteiger partial charge in [0.2, 0.25) is 5.91 Å². The third kappa shape index (κ3) is 3.43. The molecular formula is C20H22N2O3S. The summed E-state index contributed by atoms with van der Waals surface area (Å²) in [7, 11) is 0. The minimum Gasteiger partial charge on any atom is -0.486 e. The zero-order valence-electron chi connectivity index (χ0n) is 14.6. The second-order valence-corrected chi connectivity index (χ2v) is 8.35. The monoisotopic (exact) mass is 370 g/mol. The van der Waals surface area contributed by atoms with E-state index in [1.807, 2.05) is 23.6 Å². The van der Waals surface area contributed by atoms with Gasteiger partial charge in [0.15, 0.2) is 16.6 Å². The molecule has 1 aromatic heterocycles. The summed E-state index contributed by atoms with van der Waals surface area (Å²) in [5, 5.41) is 5.65. The van der Waals surface area contributed by atoms with Crippen molar-refractivity contribution in [2.75, 3.05) is 18.5 Å². The first kappa shape index (κ1) is 16.1. The number of carbonyl (C=O) groups is 1. The Morgan fingerprint density at radius 1 is 1.15 bits per heavy atom. The molecule has 1 N–H and O–H groups in total. The largest absolute Gasteiger partial charge is 0.486 e. The molecule has 26 heavy (non-hydrogen) atoms. The number of fused-ring (bicyclic) bond motifs is 1. The fourth-order valence-corrected chi connectivity index (χ4v) is 4.55. The second-order valence-electron chi connectivity index (χ2n) is 7.49. The maximum Gasteiger partial charge on any atom is 0.226 e. The van der Waals surface area contributed by atoms with E-state index in [9.17, 15) is 4.79 Å². The molecule has 2 saturated carbocycles. The van der Waals surface area contributed by atoms with Gasteiger partial charge in [-0.1, -0.05) is 0 Å². The first-order valence-corrected chi connectivity index (χ1v) is 10.3. The van der Waals surface area contributed by atoms with Gasteiger partial charge in [-0.3, -0.25) is 4.79 Å². The summed E-state index contributed by atoms with van der Waals surface area (Å²) in [4.78, 5) is 17.0. The number of carbonyl (C=O) groups excluding carboxylic acids is 1. The molecular weight excluding hydrogens is 348 g/mol. The molecule has 0 radical (unpaired) electrons. The Bertz CT molecular complexity index is 814. The molecule has 2 aromatic rings. The lowest BCUT2D eigenvalue weighted by molar-refractivity contribution is -0.117. The number of aromatic nitrogens is 1. The molecule has 1 amide bonds. The fourth-order valence-electron chi connectivity index (χ4n) is 3.82. The third-order valence-electron chi connectivity index (χ3n) is 5.46. The number of nitrogens with one attached hydrogen (secondary N) is 1. The number of thiazole rings is 1. The number of hydrogen-bond donors (Lipinski definition) is 1. The van der Waals surface area contributed by atoms with Gasteiger partial charge in [0.05, 0.1) is 5.69 Å². The van der Waals surface area contributed by atoms with E-state index in [0.29, 0.717) is 30.7 Å². The summed E-state index contributed by atoms with van der Waals surface area (Å²) in [6.07, 6.45) is 5.87. The smallest absolute Gasteiger partial charge is 0.226 e. The van der Waals surface area contributed by atoms with E-state index in [2.05, 4.69) is 10.3 Å². The third-order valence-corrected chi connectivity index (χ3v) is 6.22. The predicted octanol–water partition coefficient (Wildman–Crippen LogP) is 4.35. The van der Waals surface area contributed by atoms with Crippen molar-refractivity contribution in [1.82, 2.24) is 4.98 Å². The van der Waals surface area contributed by atoms with Crippen LogP contribution >= 0.6 is 11.3 Å². The summed E-state index contributed by atoms with van der Waals surface area (Å²) in [6, 6.07) is 5.84. The topological polar surface area (TPSA) is 60.5 Å². The second kappa shape index (κ2) is 6.58. The van der Waals surface area contributed by atoms with Crippen molar-refractivity contribution >= 4 is 22.4 Å². The Labute approximate surface area is 156 Å². The van der Waals surface area contributed by atoms with Crippen molar-refractivity contribution in [3.8, 4) is 22.8 Å². The van der Waals surface area contributed by atoms with Crippen LogP contribution in [0.2, 0.25) is 0 Å². The van der Waals surface area contributed by atoms with E-state index in [4.69, 9.17) is 9.47 Å². The van der Waals surface area contributed by atoms with Gasteiger partial charge in [0, 0.05) is 17.4 Å². The van der Waals surface area contributed by atoms with Crippen molar-refractivity contribution in [2.45, 2.75) is 32.1 Å². The van der Waals surface area contributed by atoms with E-state index < -0.39 is 0 Å². The molecule has 5 nitrogen and oxygen atoms in total. The molecule has 0 saturated heterocycles. The van der Waals surface area contributed by atoms with Crippen molar-refractivity contribution in [3.05, 3.63) is 23.6 Å². The molecule has 5 rings (SSSR count). The van der Waals surface area contributed by atoms with Gasteiger partial charge in [-0.2, -0.15) is 0 Å². The van der Waals surface area contributed by atoms with Crippen molar-refractivity contribution in [1.29, 1.82) is 0 Å². The quantitative estimate of drug-likeness (QED) is 0.821. The predicted molar refractivity (Wildman–Crippen MR) is 101 cm³/mol. The molecule has 2 heterocycles. The van der Waals surface area contributed by atoms with E-state index >= 15 is 0 Å². The molecule has 6 heteroatoms. The average Bonchev–Trinajstić information content (AvgIpc) is 3.58. The summed E-state index contributed by atoms with van der Waals surface area (Å²) in [5.41, 5.74) is 1.82. The van der Waals surface area contributed by atoms with Crippen LogP contribution < -0.4 is 14.8 Å². The highest BCUT2D eigenvalue weighted by atomic mass is 32.1. The highest BCUT2D eigenvalue weighted by Gasteiger charge is 2.42. The first-order valence-electron chi connectivity index (χ1n) is 9.41. The molecule has 1 aromatic carbocycles. The van der Waals surface area contributed by atoms with Crippen LogP contribution in [0.3, 0.4) is 0 Å². The zero-order chi connectivity index (χ0) is 17.5. The summed E-state index contributed by atoms with van der Waals surface area (Å²) in [5.74, 6) is 3.80. The van der Waals surface area contributed by atoms with Gasteiger partial charge in [-0.05, 0) is 61.6 Å². The molecule has 0 atom stereocenters. The molecule has 136 valence electrons. The van der Waals surface area contributed by atoms with Crippen LogP contribution in [0.1, 0.15) is 32.1 Å². The summed E-state index contributed by atoms with van der Waals surface area (Å²) in [6.45, 7) is 1.15. The molecule has 0 bridgehead atoms. The molecule has 2 aliphatic carbocycles. The van der Waals surface area contributed by atoms with Crippen LogP contribution in [0.4, 0.5) is 5.13 Å². The van der Waals surface area contributed by atoms with Gasteiger partial charge < -0.3 is 14.8 Å².